The van der Waals surface area contributed by atoms with Crippen LogP contribution in [0.3, 0.4) is 0 Å². The summed E-state index contributed by atoms with van der Waals surface area (Å²) in [6.07, 6.45) is 1.93. The van der Waals surface area contributed by atoms with Crippen LogP contribution in [0, 0.1) is 5.82 Å². The smallest absolute Gasteiger partial charge is 0.242 e. The maximum Gasteiger partial charge on any atom is 0.242 e. The van der Waals surface area contributed by atoms with Crippen molar-refractivity contribution in [3.8, 4) is 5.69 Å². The second-order valence-electron chi connectivity index (χ2n) is 10.5. The number of carbonyl (C=O) groups excluding carboxylic acids is 2. The van der Waals surface area contributed by atoms with Crippen LogP contribution in [-0.4, -0.2) is 51.9 Å². The third kappa shape index (κ3) is 5.01. The van der Waals surface area contributed by atoms with Gasteiger partial charge in [-0.15, -0.1) is 11.8 Å². The van der Waals surface area contributed by atoms with E-state index in [-0.39, 0.29) is 35.2 Å². The first-order valence-electron chi connectivity index (χ1n) is 12.5. The predicted molar refractivity (Wildman–Crippen MR) is 146 cm³/mol. The van der Waals surface area contributed by atoms with Crippen LogP contribution in [0.1, 0.15) is 55.7 Å². The lowest BCUT2D eigenvalue weighted by atomic mass is 9.87. The van der Waals surface area contributed by atoms with Crippen molar-refractivity contribution in [1.82, 2.24) is 14.7 Å². The van der Waals surface area contributed by atoms with Gasteiger partial charge in [0.05, 0.1) is 27.4 Å². The van der Waals surface area contributed by atoms with E-state index in [0.717, 1.165) is 29.7 Å². The molecule has 1 aromatic heterocycles. The lowest BCUT2D eigenvalue weighted by Crippen LogP contribution is -2.43. The molecular formula is C28H30ClFN4O2S. The van der Waals surface area contributed by atoms with Gasteiger partial charge in [0, 0.05) is 24.1 Å². The van der Waals surface area contributed by atoms with Crippen molar-refractivity contribution in [3.05, 3.63) is 76.2 Å². The summed E-state index contributed by atoms with van der Waals surface area (Å²) in [4.78, 5) is 30.4. The van der Waals surface area contributed by atoms with Crippen molar-refractivity contribution < 1.29 is 14.0 Å². The van der Waals surface area contributed by atoms with Crippen molar-refractivity contribution in [3.63, 3.8) is 0 Å². The van der Waals surface area contributed by atoms with Crippen LogP contribution in [0.5, 0.6) is 0 Å². The number of aromatic nitrogens is 2. The average Bonchev–Trinajstić information content (AvgIpc) is 3.49. The monoisotopic (exact) mass is 540 g/mol. The maximum atomic E-state index is 14.4. The molecule has 1 unspecified atom stereocenters. The van der Waals surface area contributed by atoms with Crippen molar-refractivity contribution in [2.45, 2.75) is 44.3 Å². The number of hydrogen-bond donors (Lipinski definition) is 0. The van der Waals surface area contributed by atoms with Gasteiger partial charge in [-0.3, -0.25) is 14.5 Å². The highest BCUT2D eigenvalue weighted by atomic mass is 35.5. The Morgan fingerprint density at radius 1 is 1.14 bits per heavy atom. The predicted octanol–water partition coefficient (Wildman–Crippen LogP) is 5.75. The Hall–Kier alpha value is -2.84. The molecule has 5 rings (SSSR count). The molecule has 0 N–H and O–H groups in total. The van der Waals surface area contributed by atoms with E-state index < -0.39 is 5.41 Å². The zero-order valence-electron chi connectivity index (χ0n) is 21.2. The number of amides is 2. The third-order valence-electron chi connectivity index (χ3n) is 6.78. The van der Waals surface area contributed by atoms with Gasteiger partial charge in [-0.25, -0.2) is 9.07 Å². The number of fused-ring (bicyclic) bond motifs is 1. The first kappa shape index (κ1) is 25.8. The Balaban J connectivity index is 1.77. The van der Waals surface area contributed by atoms with Crippen molar-refractivity contribution in [2.24, 2.45) is 0 Å². The van der Waals surface area contributed by atoms with Crippen LogP contribution in [-0.2, 0) is 15.0 Å². The molecule has 1 saturated heterocycles. The van der Waals surface area contributed by atoms with E-state index in [1.165, 1.54) is 23.9 Å². The number of benzene rings is 2. The van der Waals surface area contributed by atoms with E-state index >= 15 is 0 Å². The van der Waals surface area contributed by atoms with Gasteiger partial charge in [0.1, 0.15) is 18.2 Å². The molecule has 0 saturated carbocycles. The fraction of sp³-hybridized carbons (Fsp3) is 0.393. The number of para-hydroxylation sites is 1. The summed E-state index contributed by atoms with van der Waals surface area (Å²) in [5.41, 5.74) is 2.55. The van der Waals surface area contributed by atoms with Gasteiger partial charge in [0.25, 0.3) is 0 Å². The number of carbonyl (C=O) groups is 2. The van der Waals surface area contributed by atoms with Crippen LogP contribution in [0.15, 0.2) is 48.5 Å². The number of hydrogen-bond acceptors (Lipinski definition) is 4. The fourth-order valence-electron chi connectivity index (χ4n) is 5.00. The van der Waals surface area contributed by atoms with Gasteiger partial charge >= 0.3 is 0 Å². The lowest BCUT2D eigenvalue weighted by Gasteiger charge is -2.26. The number of likely N-dealkylation sites (tertiary alicyclic amines) is 1. The standard InChI is InChI=1S/C28H30ClFN4O2S/c1-28(2,3)26-24-25(18-9-8-10-19(30)15-18)37-17-23(36)33(16-22(35)32-13-6-7-14-32)27(24)34(31-26)21-12-5-4-11-20(21)29/h4-5,8-12,15,25H,6-7,13-14,16-17H2,1-3H3. The molecule has 1 fully saturated rings. The number of halogens is 2. The van der Waals surface area contributed by atoms with Crippen molar-refractivity contribution >= 4 is 41.0 Å². The summed E-state index contributed by atoms with van der Waals surface area (Å²) in [5.74, 6) is 0.0541. The molecule has 37 heavy (non-hydrogen) atoms. The molecule has 0 radical (unpaired) electrons. The Bertz CT molecular complexity index is 1350. The molecule has 0 aliphatic carbocycles. The van der Waals surface area contributed by atoms with Crippen LogP contribution in [0.25, 0.3) is 5.69 Å². The van der Waals surface area contributed by atoms with Gasteiger partial charge in [0.15, 0.2) is 0 Å². The summed E-state index contributed by atoms with van der Waals surface area (Å²) in [6, 6.07) is 13.8. The molecule has 2 aromatic carbocycles. The highest BCUT2D eigenvalue weighted by Crippen LogP contribution is 2.48. The van der Waals surface area contributed by atoms with Crippen LogP contribution >= 0.6 is 23.4 Å². The van der Waals surface area contributed by atoms with E-state index in [2.05, 4.69) is 20.8 Å². The van der Waals surface area contributed by atoms with Gasteiger partial charge < -0.3 is 4.90 Å². The van der Waals surface area contributed by atoms with E-state index in [9.17, 15) is 14.0 Å². The zero-order valence-corrected chi connectivity index (χ0v) is 22.8. The van der Waals surface area contributed by atoms with Gasteiger partial charge in [-0.1, -0.05) is 56.6 Å². The van der Waals surface area contributed by atoms with Crippen LogP contribution in [0.2, 0.25) is 5.02 Å². The Morgan fingerprint density at radius 3 is 2.54 bits per heavy atom. The molecule has 6 nitrogen and oxygen atoms in total. The van der Waals surface area contributed by atoms with Gasteiger partial charge in [-0.2, -0.15) is 5.10 Å². The highest BCUT2D eigenvalue weighted by Gasteiger charge is 2.40. The van der Waals surface area contributed by atoms with Crippen LogP contribution < -0.4 is 4.90 Å². The molecule has 2 aliphatic heterocycles. The van der Waals surface area contributed by atoms with E-state index in [1.54, 1.807) is 21.7 Å². The number of thioether (sulfide) groups is 1. The van der Waals surface area contributed by atoms with E-state index in [1.807, 2.05) is 29.2 Å². The van der Waals surface area contributed by atoms with E-state index in [0.29, 0.717) is 29.6 Å². The van der Waals surface area contributed by atoms with Crippen molar-refractivity contribution in [1.29, 1.82) is 0 Å². The second-order valence-corrected chi connectivity index (χ2v) is 12.0. The minimum atomic E-state index is -0.402. The summed E-state index contributed by atoms with van der Waals surface area (Å²) in [5, 5.41) is 5.15. The average molecular weight is 541 g/mol. The maximum absolute atomic E-state index is 14.4. The highest BCUT2D eigenvalue weighted by molar-refractivity contribution is 8.00. The third-order valence-corrected chi connectivity index (χ3v) is 8.36. The molecule has 0 spiro atoms. The largest absolute Gasteiger partial charge is 0.341 e. The normalized spacial score (nSPS) is 18.2. The lowest BCUT2D eigenvalue weighted by molar-refractivity contribution is -0.130. The molecule has 3 heterocycles. The summed E-state index contributed by atoms with van der Waals surface area (Å²) < 4.78 is 16.1. The van der Waals surface area contributed by atoms with Crippen molar-refractivity contribution in [2.75, 3.05) is 30.3 Å². The summed E-state index contributed by atoms with van der Waals surface area (Å²) in [6.45, 7) is 7.50. The molecule has 9 heteroatoms. The minimum Gasteiger partial charge on any atom is -0.341 e. The van der Waals surface area contributed by atoms with Gasteiger partial charge in [-0.05, 0) is 42.7 Å². The molecule has 2 amide bonds. The fourth-order valence-corrected chi connectivity index (χ4v) is 6.40. The molecule has 1 atom stereocenters. The Kier molecular flexibility index (Phi) is 7.07. The quantitative estimate of drug-likeness (QED) is 0.422. The number of anilines is 1. The van der Waals surface area contributed by atoms with Gasteiger partial charge in [0.2, 0.25) is 11.8 Å². The van der Waals surface area contributed by atoms with Crippen LogP contribution in [0.4, 0.5) is 10.2 Å². The molecule has 2 aliphatic rings. The number of nitrogens with zero attached hydrogens (tertiary/aromatic N) is 4. The molecule has 0 bridgehead atoms. The first-order chi connectivity index (χ1) is 17.6. The summed E-state index contributed by atoms with van der Waals surface area (Å²) >= 11 is 8.07. The Labute approximate surface area is 225 Å². The molecule has 3 aromatic rings. The minimum absolute atomic E-state index is 0.0814. The molecule has 194 valence electrons. The SMILES string of the molecule is CC(C)(C)c1nn(-c2ccccc2Cl)c2c1C(c1cccc(F)c1)SCC(=O)N2CC(=O)N1CCCC1. The Morgan fingerprint density at radius 2 is 1.86 bits per heavy atom. The summed E-state index contributed by atoms with van der Waals surface area (Å²) in [7, 11) is 0. The first-order valence-corrected chi connectivity index (χ1v) is 13.9. The van der Waals surface area contributed by atoms with E-state index in [4.69, 9.17) is 16.7 Å². The molecular weight excluding hydrogens is 511 g/mol. The zero-order chi connectivity index (χ0) is 26.3. The second kappa shape index (κ2) is 10.1. The topological polar surface area (TPSA) is 58.4 Å². The number of rotatable bonds is 4.